The molecule has 1 spiro atoms. The molecule has 152 valence electrons. The molecule has 1 amide bonds. The number of hydrogen-bond donors (Lipinski definition) is 1. The van der Waals surface area contributed by atoms with Crippen LogP contribution >= 0.6 is 0 Å². The number of amides is 1. The smallest absolute Gasteiger partial charge is 0.255 e. The third kappa shape index (κ3) is 3.33. The van der Waals surface area contributed by atoms with Crippen LogP contribution in [0.25, 0.3) is 0 Å². The lowest BCUT2D eigenvalue weighted by atomic mass is 9.83. The predicted octanol–water partition coefficient (Wildman–Crippen LogP) is 1.37. The monoisotopic (exact) mass is 396 g/mol. The number of pyridine rings is 1. The van der Waals surface area contributed by atoms with E-state index in [-0.39, 0.29) is 29.4 Å². The second-order valence-corrected chi connectivity index (χ2v) is 8.58. The highest BCUT2D eigenvalue weighted by Gasteiger charge is 2.56. The summed E-state index contributed by atoms with van der Waals surface area (Å²) in [6, 6.07) is 10.6. The molecule has 1 aromatic carbocycles. The number of halogens is 1. The highest BCUT2D eigenvalue weighted by Crippen LogP contribution is 2.39. The maximum Gasteiger partial charge on any atom is 0.255 e. The zero-order chi connectivity index (χ0) is 20.0. The largest absolute Gasteiger partial charge is 0.392 e. The van der Waals surface area contributed by atoms with Crippen LogP contribution in [0.5, 0.6) is 0 Å². The number of aromatic nitrogens is 1. The molecule has 2 atom stereocenters. The van der Waals surface area contributed by atoms with E-state index in [0.29, 0.717) is 43.7 Å². The Morgan fingerprint density at radius 2 is 2.00 bits per heavy atom. The highest BCUT2D eigenvalue weighted by molar-refractivity contribution is 5.94. The Bertz CT molecular complexity index is 903. The van der Waals surface area contributed by atoms with Crippen LogP contribution in [0.15, 0.2) is 48.8 Å². The van der Waals surface area contributed by atoms with Gasteiger partial charge in [0, 0.05) is 63.3 Å². The van der Waals surface area contributed by atoms with Crippen molar-refractivity contribution in [1.82, 2.24) is 19.7 Å². The molecule has 7 heteroatoms. The Hall–Kier alpha value is -2.35. The molecule has 3 aliphatic rings. The number of aliphatic hydroxyl groups excluding tert-OH is 1. The van der Waals surface area contributed by atoms with E-state index in [2.05, 4.69) is 14.8 Å². The molecule has 0 aliphatic carbocycles. The minimum atomic E-state index is -0.356. The van der Waals surface area contributed by atoms with Gasteiger partial charge in [-0.1, -0.05) is 18.2 Å². The third-order valence-electron chi connectivity index (χ3n) is 6.50. The Kier molecular flexibility index (Phi) is 4.61. The molecule has 3 fully saturated rings. The van der Waals surface area contributed by atoms with Crippen molar-refractivity contribution in [2.24, 2.45) is 0 Å². The molecule has 29 heavy (non-hydrogen) atoms. The van der Waals surface area contributed by atoms with Crippen LogP contribution in [0, 0.1) is 5.82 Å². The number of nitrogens with zero attached hydrogens (tertiary/aromatic N) is 4. The van der Waals surface area contributed by atoms with Crippen molar-refractivity contribution in [2.45, 2.75) is 30.7 Å². The molecular formula is C22H25FN4O2. The number of fused-ring (bicyclic) bond motifs is 2. The number of hydrogen-bond acceptors (Lipinski definition) is 5. The normalized spacial score (nSPS) is 26.3. The highest BCUT2D eigenvalue weighted by atomic mass is 19.1. The van der Waals surface area contributed by atoms with Gasteiger partial charge in [0.15, 0.2) is 0 Å². The molecule has 0 bridgehead atoms. The van der Waals surface area contributed by atoms with Crippen LogP contribution in [0.1, 0.15) is 22.3 Å². The van der Waals surface area contributed by atoms with Crippen LogP contribution in [0.4, 0.5) is 4.39 Å². The van der Waals surface area contributed by atoms with E-state index in [1.807, 2.05) is 17.0 Å². The van der Waals surface area contributed by atoms with Gasteiger partial charge < -0.3 is 10.0 Å². The number of rotatable bonds is 3. The van der Waals surface area contributed by atoms with Gasteiger partial charge in [-0.3, -0.25) is 19.6 Å². The van der Waals surface area contributed by atoms with Crippen LogP contribution in [-0.4, -0.2) is 81.1 Å². The lowest BCUT2D eigenvalue weighted by Gasteiger charge is -2.61. The van der Waals surface area contributed by atoms with Crippen molar-refractivity contribution in [2.75, 3.05) is 32.7 Å². The van der Waals surface area contributed by atoms with E-state index in [9.17, 15) is 14.3 Å². The molecule has 1 N–H and O–H groups in total. The van der Waals surface area contributed by atoms with Gasteiger partial charge in [0.05, 0.1) is 17.2 Å². The van der Waals surface area contributed by atoms with Gasteiger partial charge in [0.1, 0.15) is 5.82 Å². The van der Waals surface area contributed by atoms with E-state index < -0.39 is 0 Å². The van der Waals surface area contributed by atoms with Crippen LogP contribution < -0.4 is 0 Å². The average molecular weight is 396 g/mol. The first-order valence-electron chi connectivity index (χ1n) is 10.1. The summed E-state index contributed by atoms with van der Waals surface area (Å²) in [5, 5.41) is 10.3. The van der Waals surface area contributed by atoms with Gasteiger partial charge in [0.2, 0.25) is 0 Å². The number of aliphatic hydroxyl groups is 1. The van der Waals surface area contributed by atoms with Gasteiger partial charge in [-0.25, -0.2) is 4.39 Å². The quantitative estimate of drug-likeness (QED) is 0.849. The zero-order valence-electron chi connectivity index (χ0n) is 16.2. The van der Waals surface area contributed by atoms with E-state index in [1.54, 1.807) is 30.6 Å². The minimum absolute atomic E-state index is 0.00827. The van der Waals surface area contributed by atoms with E-state index in [1.165, 1.54) is 6.07 Å². The summed E-state index contributed by atoms with van der Waals surface area (Å²) in [5.74, 6) is -0.189. The first-order valence-corrected chi connectivity index (χ1v) is 10.1. The molecule has 0 unspecified atom stereocenters. The molecule has 5 rings (SSSR count). The fourth-order valence-corrected chi connectivity index (χ4v) is 5.28. The Labute approximate surface area is 169 Å². The number of benzene rings is 1. The Morgan fingerprint density at radius 3 is 2.76 bits per heavy atom. The molecular weight excluding hydrogens is 371 g/mol. The molecule has 6 nitrogen and oxygen atoms in total. The Morgan fingerprint density at radius 1 is 1.17 bits per heavy atom. The number of carbonyl (C=O) groups is 1. The van der Waals surface area contributed by atoms with Gasteiger partial charge in [-0.15, -0.1) is 0 Å². The van der Waals surface area contributed by atoms with Crippen molar-refractivity contribution >= 4 is 5.91 Å². The standard InChI is InChI=1S/C22H25FN4O2/c23-20-6-2-1-4-17(20)10-25-13-22(14-25)15-26(11-18-8-19(28)12-27(18)22)21(29)16-5-3-7-24-9-16/h1-7,9,18-19,28H,8,10-15H2/t18-,19-/m1/s1. The summed E-state index contributed by atoms with van der Waals surface area (Å²) in [7, 11) is 0. The third-order valence-corrected chi connectivity index (χ3v) is 6.50. The predicted molar refractivity (Wildman–Crippen MR) is 106 cm³/mol. The van der Waals surface area contributed by atoms with Gasteiger partial charge in [-0.05, 0) is 24.6 Å². The number of piperazine rings is 1. The fourth-order valence-electron chi connectivity index (χ4n) is 5.28. The fraction of sp³-hybridized carbons (Fsp3) is 0.455. The van der Waals surface area contributed by atoms with Gasteiger partial charge >= 0.3 is 0 Å². The summed E-state index contributed by atoms with van der Waals surface area (Å²) in [6.07, 6.45) is 3.60. The first kappa shape index (κ1) is 18.7. The topological polar surface area (TPSA) is 59.9 Å². The van der Waals surface area contributed by atoms with Crippen LogP contribution in [0.2, 0.25) is 0 Å². The second-order valence-electron chi connectivity index (χ2n) is 8.58. The number of likely N-dealkylation sites (tertiary alicyclic amines) is 1. The maximum atomic E-state index is 14.0. The SMILES string of the molecule is O=C(c1cccnc1)N1C[C@H]2C[C@@H](O)CN2C2(CN(Cc3ccccc3F)C2)C1. The van der Waals surface area contributed by atoms with Gasteiger partial charge in [0.25, 0.3) is 5.91 Å². The first-order chi connectivity index (χ1) is 14.0. The van der Waals surface area contributed by atoms with Crippen LogP contribution in [-0.2, 0) is 6.54 Å². The average Bonchev–Trinajstić information content (AvgIpc) is 3.09. The second kappa shape index (κ2) is 7.16. The van der Waals surface area contributed by atoms with Gasteiger partial charge in [-0.2, -0.15) is 0 Å². The summed E-state index contributed by atoms with van der Waals surface area (Å²) >= 11 is 0. The van der Waals surface area contributed by atoms with Crippen LogP contribution in [0.3, 0.4) is 0 Å². The van der Waals surface area contributed by atoms with Crippen molar-refractivity contribution < 1.29 is 14.3 Å². The number of carbonyl (C=O) groups excluding carboxylic acids is 1. The molecule has 3 saturated heterocycles. The summed E-state index contributed by atoms with van der Waals surface area (Å²) in [6.45, 7) is 3.99. The summed E-state index contributed by atoms with van der Waals surface area (Å²) in [4.78, 5) is 23.7. The van der Waals surface area contributed by atoms with E-state index >= 15 is 0 Å². The molecule has 2 aromatic rings. The lowest BCUT2D eigenvalue weighted by molar-refractivity contribution is -0.108. The molecule has 4 heterocycles. The molecule has 0 radical (unpaired) electrons. The number of β-amino-alcohol motifs (C(OH)–C–C–N with tert-alkyl or cyclic N) is 1. The van der Waals surface area contributed by atoms with E-state index in [0.717, 1.165) is 13.1 Å². The maximum absolute atomic E-state index is 14.0. The van der Waals surface area contributed by atoms with Crippen molar-refractivity contribution in [1.29, 1.82) is 0 Å². The lowest BCUT2D eigenvalue weighted by Crippen LogP contribution is -2.78. The molecule has 0 saturated carbocycles. The minimum Gasteiger partial charge on any atom is -0.392 e. The molecule has 3 aliphatic heterocycles. The zero-order valence-corrected chi connectivity index (χ0v) is 16.2. The molecule has 1 aromatic heterocycles. The van der Waals surface area contributed by atoms with Crippen molar-refractivity contribution in [3.05, 3.63) is 65.7 Å². The summed E-state index contributed by atoms with van der Waals surface area (Å²) < 4.78 is 14.0. The van der Waals surface area contributed by atoms with Crippen molar-refractivity contribution in [3.63, 3.8) is 0 Å². The van der Waals surface area contributed by atoms with E-state index in [4.69, 9.17) is 0 Å². The Balaban J connectivity index is 1.34. The summed E-state index contributed by atoms with van der Waals surface area (Å²) in [5.41, 5.74) is 1.11. The van der Waals surface area contributed by atoms with Crippen molar-refractivity contribution in [3.8, 4) is 0 Å².